The lowest BCUT2D eigenvalue weighted by molar-refractivity contribution is -0.149. The van der Waals surface area contributed by atoms with Crippen LogP contribution in [0, 0.1) is 0 Å². The van der Waals surface area contributed by atoms with Crippen molar-refractivity contribution in [1.29, 1.82) is 0 Å². The number of carbonyl (C=O) groups excluding carboxylic acids is 1. The lowest BCUT2D eigenvalue weighted by atomic mass is 9.92. The molecule has 0 fully saturated rings. The summed E-state index contributed by atoms with van der Waals surface area (Å²) >= 11 is 0. The lowest BCUT2D eigenvalue weighted by Crippen LogP contribution is -2.34. The van der Waals surface area contributed by atoms with Crippen LogP contribution in [0.25, 0.3) is 0 Å². The number of ether oxygens (including phenoxy) is 1. The van der Waals surface area contributed by atoms with E-state index >= 15 is 0 Å². The van der Waals surface area contributed by atoms with Gasteiger partial charge in [-0.1, -0.05) is 0 Å². The summed E-state index contributed by atoms with van der Waals surface area (Å²) in [5.41, 5.74) is -0.767. The van der Waals surface area contributed by atoms with Crippen molar-refractivity contribution in [3.05, 3.63) is 12.2 Å². The average Bonchev–Trinajstić information content (AvgIpc) is 2.66. The number of esters is 1. The zero-order chi connectivity index (χ0) is 12.3. The fraction of sp³-hybridized carbons (Fsp3) is 0.727. The molecule has 0 aromatic carbocycles. The van der Waals surface area contributed by atoms with Crippen LogP contribution < -0.4 is 0 Å². The predicted octanol–water partition coefficient (Wildman–Crippen LogP) is 1.70. The molecular weight excluding hydrogens is 206 g/mol. The minimum Gasteiger partial charge on any atom is -0.465 e. The molecular formula is C11H19N3O2. The maximum Gasteiger partial charge on any atom is 0.319 e. The Morgan fingerprint density at radius 3 is 2.69 bits per heavy atom. The quantitative estimate of drug-likeness (QED) is 0.732. The first-order valence-corrected chi connectivity index (χ1v) is 5.48. The Hall–Kier alpha value is -1.39. The Bertz CT molecular complexity index is 369. The van der Waals surface area contributed by atoms with Crippen molar-refractivity contribution in [3.63, 3.8) is 0 Å². The van der Waals surface area contributed by atoms with Crippen LogP contribution in [0.3, 0.4) is 0 Å². The van der Waals surface area contributed by atoms with Gasteiger partial charge in [0.05, 0.1) is 6.61 Å². The molecule has 1 aromatic rings. The minimum atomic E-state index is -0.767. The van der Waals surface area contributed by atoms with Crippen LogP contribution in [-0.4, -0.2) is 27.3 Å². The summed E-state index contributed by atoms with van der Waals surface area (Å²) in [6.07, 6.45) is 1.64. The van der Waals surface area contributed by atoms with Crippen LogP contribution in [0.5, 0.6) is 0 Å². The maximum absolute atomic E-state index is 11.8. The van der Waals surface area contributed by atoms with E-state index in [1.807, 2.05) is 18.4 Å². The number of hydrogen-bond donors (Lipinski definition) is 0. The van der Waals surface area contributed by atoms with E-state index in [2.05, 4.69) is 10.2 Å². The van der Waals surface area contributed by atoms with Gasteiger partial charge >= 0.3 is 5.97 Å². The molecule has 16 heavy (non-hydrogen) atoms. The molecule has 0 aliphatic rings. The van der Waals surface area contributed by atoms with E-state index in [0.717, 1.165) is 0 Å². The second-order valence-electron chi connectivity index (χ2n) is 4.50. The maximum atomic E-state index is 11.8. The van der Waals surface area contributed by atoms with Gasteiger partial charge in [0.25, 0.3) is 0 Å². The summed E-state index contributed by atoms with van der Waals surface area (Å²) in [5, 5.41) is 7.88. The van der Waals surface area contributed by atoms with Crippen LogP contribution in [0.15, 0.2) is 6.33 Å². The second-order valence-corrected chi connectivity index (χ2v) is 4.50. The van der Waals surface area contributed by atoms with Crippen molar-refractivity contribution in [3.8, 4) is 0 Å². The van der Waals surface area contributed by atoms with Crippen molar-refractivity contribution in [1.82, 2.24) is 14.8 Å². The van der Waals surface area contributed by atoms with Crippen molar-refractivity contribution >= 4 is 5.97 Å². The van der Waals surface area contributed by atoms with Gasteiger partial charge in [-0.2, -0.15) is 0 Å². The van der Waals surface area contributed by atoms with E-state index in [4.69, 9.17) is 4.74 Å². The average molecular weight is 225 g/mol. The third-order valence-corrected chi connectivity index (χ3v) is 2.47. The molecule has 0 N–H and O–H groups in total. The van der Waals surface area contributed by atoms with Crippen LogP contribution in [0.1, 0.15) is 46.5 Å². The lowest BCUT2D eigenvalue weighted by Gasteiger charge is -2.23. The van der Waals surface area contributed by atoms with Crippen molar-refractivity contribution in [2.75, 3.05) is 6.61 Å². The third kappa shape index (κ3) is 2.23. The van der Waals surface area contributed by atoms with E-state index in [9.17, 15) is 4.79 Å². The van der Waals surface area contributed by atoms with E-state index in [1.54, 1.807) is 27.1 Å². The third-order valence-electron chi connectivity index (χ3n) is 2.47. The van der Waals surface area contributed by atoms with Gasteiger partial charge in [0.1, 0.15) is 17.6 Å². The zero-order valence-corrected chi connectivity index (χ0v) is 10.5. The first-order valence-electron chi connectivity index (χ1n) is 5.48. The van der Waals surface area contributed by atoms with E-state index in [1.165, 1.54) is 0 Å². The molecule has 5 nitrogen and oxygen atoms in total. The molecule has 0 amide bonds. The van der Waals surface area contributed by atoms with Crippen LogP contribution in [-0.2, 0) is 14.9 Å². The molecule has 0 unspecified atom stereocenters. The highest BCUT2D eigenvalue weighted by Gasteiger charge is 2.36. The van der Waals surface area contributed by atoms with E-state index < -0.39 is 5.41 Å². The molecule has 90 valence electrons. The molecule has 0 spiro atoms. The topological polar surface area (TPSA) is 57.0 Å². The molecule has 1 aromatic heterocycles. The van der Waals surface area contributed by atoms with Gasteiger partial charge in [0.15, 0.2) is 0 Å². The summed E-state index contributed by atoms with van der Waals surface area (Å²) in [6, 6.07) is 0.221. The van der Waals surface area contributed by atoms with Gasteiger partial charge in [0, 0.05) is 6.04 Å². The zero-order valence-electron chi connectivity index (χ0n) is 10.5. The Labute approximate surface area is 95.8 Å². The van der Waals surface area contributed by atoms with Crippen molar-refractivity contribution in [2.45, 2.75) is 46.1 Å². The smallest absolute Gasteiger partial charge is 0.319 e. The van der Waals surface area contributed by atoms with Crippen LogP contribution >= 0.6 is 0 Å². The predicted molar refractivity (Wildman–Crippen MR) is 60.1 cm³/mol. The SMILES string of the molecule is CCOC(=O)C(C)(C)c1nncn1C(C)C. The summed E-state index contributed by atoms with van der Waals surface area (Å²) in [5.74, 6) is 0.367. The molecule has 0 aliphatic carbocycles. The Morgan fingerprint density at radius 1 is 1.56 bits per heavy atom. The van der Waals surface area contributed by atoms with Crippen LogP contribution in [0.4, 0.5) is 0 Å². The minimum absolute atomic E-state index is 0.221. The summed E-state index contributed by atoms with van der Waals surface area (Å²) in [7, 11) is 0. The van der Waals surface area contributed by atoms with E-state index in [0.29, 0.717) is 12.4 Å². The first-order chi connectivity index (χ1) is 7.41. The van der Waals surface area contributed by atoms with Crippen molar-refractivity contribution < 1.29 is 9.53 Å². The highest BCUT2D eigenvalue weighted by Crippen LogP contribution is 2.24. The Balaban J connectivity index is 3.06. The molecule has 0 saturated heterocycles. The number of carbonyl (C=O) groups is 1. The fourth-order valence-corrected chi connectivity index (χ4v) is 1.47. The molecule has 0 radical (unpaired) electrons. The van der Waals surface area contributed by atoms with Gasteiger partial charge in [0.2, 0.25) is 0 Å². The molecule has 0 bridgehead atoms. The van der Waals surface area contributed by atoms with Gasteiger partial charge in [-0.3, -0.25) is 4.79 Å². The van der Waals surface area contributed by atoms with Gasteiger partial charge in [-0.05, 0) is 34.6 Å². The fourth-order valence-electron chi connectivity index (χ4n) is 1.47. The standard InChI is InChI=1S/C11H19N3O2/c1-6-16-10(15)11(4,5)9-13-12-7-14(9)8(2)3/h7-8H,6H2,1-5H3. The molecule has 0 saturated carbocycles. The first kappa shape index (κ1) is 12.7. The number of nitrogens with zero attached hydrogens (tertiary/aromatic N) is 3. The summed E-state index contributed by atoms with van der Waals surface area (Å²) in [4.78, 5) is 11.8. The molecule has 0 atom stereocenters. The Morgan fingerprint density at radius 2 is 2.19 bits per heavy atom. The van der Waals surface area contributed by atoms with E-state index in [-0.39, 0.29) is 12.0 Å². The number of aromatic nitrogens is 3. The molecule has 5 heteroatoms. The summed E-state index contributed by atoms with van der Waals surface area (Å²) < 4.78 is 6.93. The monoisotopic (exact) mass is 225 g/mol. The summed E-state index contributed by atoms with van der Waals surface area (Å²) in [6.45, 7) is 9.81. The largest absolute Gasteiger partial charge is 0.465 e. The number of hydrogen-bond acceptors (Lipinski definition) is 4. The normalized spacial score (nSPS) is 11.9. The Kier molecular flexibility index (Phi) is 3.67. The molecule has 1 heterocycles. The highest BCUT2D eigenvalue weighted by molar-refractivity contribution is 5.81. The van der Waals surface area contributed by atoms with Gasteiger partial charge in [-0.15, -0.1) is 10.2 Å². The van der Waals surface area contributed by atoms with Crippen molar-refractivity contribution in [2.24, 2.45) is 0 Å². The van der Waals surface area contributed by atoms with Crippen LogP contribution in [0.2, 0.25) is 0 Å². The van der Waals surface area contributed by atoms with Gasteiger partial charge in [-0.25, -0.2) is 0 Å². The highest BCUT2D eigenvalue weighted by atomic mass is 16.5. The number of rotatable bonds is 4. The molecule has 1 rings (SSSR count). The second kappa shape index (κ2) is 4.63. The van der Waals surface area contributed by atoms with Gasteiger partial charge < -0.3 is 9.30 Å². The molecule has 0 aliphatic heterocycles.